The van der Waals surface area contributed by atoms with E-state index in [1.165, 1.54) is 17.4 Å². The number of carbonyl (C=O) groups excluding carboxylic acids is 1. The normalized spacial score (nSPS) is 12.7. The molecule has 0 saturated carbocycles. The van der Waals surface area contributed by atoms with Gasteiger partial charge in [-0.15, -0.1) is 11.3 Å². The van der Waals surface area contributed by atoms with Crippen molar-refractivity contribution in [2.45, 2.75) is 31.4 Å². The Morgan fingerprint density at radius 3 is 2.64 bits per heavy atom. The zero-order valence-corrected chi connectivity index (χ0v) is 20.2. The van der Waals surface area contributed by atoms with Gasteiger partial charge >= 0.3 is 5.97 Å². The van der Waals surface area contributed by atoms with Crippen molar-refractivity contribution < 1.29 is 17.9 Å². The number of esters is 1. The number of benzene rings is 2. The van der Waals surface area contributed by atoms with E-state index in [2.05, 4.69) is 23.8 Å². The lowest BCUT2D eigenvalue weighted by Crippen LogP contribution is -2.45. The van der Waals surface area contributed by atoms with Crippen LogP contribution in [-0.4, -0.2) is 34.2 Å². The Bertz CT molecular complexity index is 1350. The van der Waals surface area contributed by atoms with Gasteiger partial charge in [0.1, 0.15) is 28.6 Å². The second-order valence-electron chi connectivity index (χ2n) is 7.47. The van der Waals surface area contributed by atoms with Crippen molar-refractivity contribution in [3.05, 3.63) is 59.6 Å². The average molecular weight is 504 g/mol. The van der Waals surface area contributed by atoms with Crippen LogP contribution in [0.15, 0.2) is 58.8 Å². The van der Waals surface area contributed by atoms with Gasteiger partial charge in [-0.1, -0.05) is 38.1 Å². The number of para-hydroxylation sites is 1. The predicted molar refractivity (Wildman–Crippen MR) is 128 cm³/mol. The van der Waals surface area contributed by atoms with E-state index in [4.69, 9.17) is 4.74 Å². The van der Waals surface area contributed by atoms with E-state index < -0.39 is 22.0 Å². The van der Waals surface area contributed by atoms with Crippen LogP contribution in [0.4, 0.5) is 10.8 Å². The van der Waals surface area contributed by atoms with Crippen LogP contribution < -0.4 is 10.0 Å². The van der Waals surface area contributed by atoms with Gasteiger partial charge < -0.3 is 10.1 Å². The number of hydrogen-bond acceptors (Lipinski definition) is 10. The quantitative estimate of drug-likeness (QED) is 0.329. The largest absolute Gasteiger partial charge is 0.458 e. The standard InChI is InChI=1S/C21H21N5O4S3/c1-13(2)18(26-33(28,29)17-10-6-9-16-19(17)25-32-24-16)20(27)30-11-15-12-31-21(23-15)22-14-7-4-3-5-8-14/h3-10,12-13,18,26H,11H2,1-2H3,(H,22,23). The molecule has 1 unspecified atom stereocenters. The van der Waals surface area contributed by atoms with Crippen molar-refractivity contribution in [3.63, 3.8) is 0 Å². The van der Waals surface area contributed by atoms with Crippen LogP contribution in [0.2, 0.25) is 0 Å². The number of nitrogens with zero attached hydrogens (tertiary/aromatic N) is 3. The summed E-state index contributed by atoms with van der Waals surface area (Å²) in [5, 5.41) is 5.63. The lowest BCUT2D eigenvalue weighted by molar-refractivity contribution is -0.148. The van der Waals surface area contributed by atoms with Gasteiger partial charge in [-0.05, 0) is 30.2 Å². The highest BCUT2D eigenvalue weighted by molar-refractivity contribution is 7.89. The first-order valence-corrected chi connectivity index (χ1v) is 13.1. The number of nitrogens with one attached hydrogen (secondary N) is 2. The molecule has 4 rings (SSSR count). The summed E-state index contributed by atoms with van der Waals surface area (Å²) in [6, 6.07) is 13.2. The lowest BCUT2D eigenvalue weighted by Gasteiger charge is -2.20. The Hall–Kier alpha value is -2.93. The third-order valence-corrected chi connectivity index (χ3v) is 7.50. The van der Waals surface area contributed by atoms with Gasteiger partial charge in [0, 0.05) is 11.1 Å². The number of thiazole rings is 1. The molecule has 2 aromatic heterocycles. The maximum atomic E-state index is 13.0. The molecule has 4 aromatic rings. The fraction of sp³-hybridized carbons (Fsp3) is 0.238. The number of rotatable bonds is 9. The van der Waals surface area contributed by atoms with Gasteiger partial charge in [0.2, 0.25) is 10.0 Å². The van der Waals surface area contributed by atoms with Crippen molar-refractivity contribution in [1.82, 2.24) is 18.5 Å². The minimum Gasteiger partial charge on any atom is -0.458 e. The zero-order chi connectivity index (χ0) is 23.4. The summed E-state index contributed by atoms with van der Waals surface area (Å²) in [6.45, 7) is 3.41. The van der Waals surface area contributed by atoms with Crippen molar-refractivity contribution >= 4 is 60.9 Å². The number of anilines is 2. The van der Waals surface area contributed by atoms with Crippen LogP contribution in [0.3, 0.4) is 0 Å². The molecule has 1 atom stereocenters. The summed E-state index contributed by atoms with van der Waals surface area (Å²) in [6.07, 6.45) is 0. The van der Waals surface area contributed by atoms with E-state index in [1.807, 2.05) is 30.3 Å². The molecule has 0 amide bonds. The first-order chi connectivity index (χ1) is 15.8. The second-order valence-corrected chi connectivity index (χ2v) is 10.5. The zero-order valence-electron chi connectivity index (χ0n) is 17.8. The molecule has 2 aromatic carbocycles. The first-order valence-electron chi connectivity index (χ1n) is 10.0. The van der Waals surface area contributed by atoms with Gasteiger partial charge in [-0.3, -0.25) is 4.79 Å². The van der Waals surface area contributed by atoms with Crippen LogP contribution in [0.5, 0.6) is 0 Å². The molecule has 12 heteroatoms. The van der Waals surface area contributed by atoms with Crippen LogP contribution in [0.25, 0.3) is 11.0 Å². The fourth-order valence-electron chi connectivity index (χ4n) is 3.00. The molecule has 0 aliphatic heterocycles. The molecule has 0 fully saturated rings. The molecule has 2 heterocycles. The summed E-state index contributed by atoms with van der Waals surface area (Å²) in [4.78, 5) is 17.1. The maximum Gasteiger partial charge on any atom is 0.324 e. The fourth-order valence-corrected chi connectivity index (χ4v) is 5.81. The van der Waals surface area contributed by atoms with E-state index in [0.29, 0.717) is 16.3 Å². The van der Waals surface area contributed by atoms with E-state index in [-0.39, 0.29) is 22.9 Å². The summed E-state index contributed by atoms with van der Waals surface area (Å²) in [5.41, 5.74) is 2.22. The SMILES string of the molecule is CC(C)C(NS(=O)(=O)c1cccc2nsnc12)C(=O)OCc1csc(Nc2ccccc2)n1. The maximum absolute atomic E-state index is 13.0. The molecule has 2 N–H and O–H groups in total. The van der Waals surface area contributed by atoms with Crippen LogP contribution in [-0.2, 0) is 26.2 Å². The van der Waals surface area contributed by atoms with E-state index in [1.54, 1.807) is 31.4 Å². The number of ether oxygens (including phenoxy) is 1. The highest BCUT2D eigenvalue weighted by atomic mass is 32.2. The van der Waals surface area contributed by atoms with Crippen molar-refractivity contribution in [2.24, 2.45) is 5.92 Å². The van der Waals surface area contributed by atoms with Crippen LogP contribution >= 0.6 is 23.1 Å². The minimum atomic E-state index is -4.03. The summed E-state index contributed by atoms with van der Waals surface area (Å²) < 4.78 is 42.0. The third-order valence-electron chi connectivity index (χ3n) is 4.68. The lowest BCUT2D eigenvalue weighted by atomic mass is 10.1. The van der Waals surface area contributed by atoms with Gasteiger partial charge in [0.25, 0.3) is 0 Å². The Balaban J connectivity index is 1.42. The summed E-state index contributed by atoms with van der Waals surface area (Å²) in [5.74, 6) is -1.02. The van der Waals surface area contributed by atoms with Gasteiger partial charge in [-0.25, -0.2) is 13.4 Å². The van der Waals surface area contributed by atoms with Gasteiger partial charge in [0.15, 0.2) is 5.13 Å². The van der Waals surface area contributed by atoms with Crippen molar-refractivity contribution in [2.75, 3.05) is 5.32 Å². The number of hydrogen-bond donors (Lipinski definition) is 2. The Labute approximate surface area is 199 Å². The highest BCUT2D eigenvalue weighted by Crippen LogP contribution is 2.23. The monoisotopic (exact) mass is 503 g/mol. The number of sulfonamides is 1. The van der Waals surface area contributed by atoms with E-state index in [0.717, 1.165) is 17.4 Å². The molecule has 33 heavy (non-hydrogen) atoms. The average Bonchev–Trinajstić information content (AvgIpc) is 3.45. The van der Waals surface area contributed by atoms with Crippen LogP contribution in [0, 0.1) is 5.92 Å². The topological polar surface area (TPSA) is 123 Å². The van der Waals surface area contributed by atoms with Crippen molar-refractivity contribution in [1.29, 1.82) is 0 Å². The Kier molecular flexibility index (Phi) is 6.98. The molecular formula is C21H21N5O4S3. The Morgan fingerprint density at radius 1 is 1.09 bits per heavy atom. The first kappa shape index (κ1) is 23.2. The molecule has 172 valence electrons. The van der Waals surface area contributed by atoms with E-state index in [9.17, 15) is 13.2 Å². The van der Waals surface area contributed by atoms with Crippen molar-refractivity contribution in [3.8, 4) is 0 Å². The molecular weight excluding hydrogens is 482 g/mol. The predicted octanol–water partition coefficient (Wildman–Crippen LogP) is 3.94. The molecule has 0 saturated heterocycles. The molecule has 9 nitrogen and oxygen atoms in total. The molecule has 0 aliphatic rings. The van der Waals surface area contributed by atoms with Crippen LogP contribution in [0.1, 0.15) is 19.5 Å². The molecule has 0 aliphatic carbocycles. The summed E-state index contributed by atoms with van der Waals surface area (Å²) in [7, 11) is -4.03. The van der Waals surface area contributed by atoms with Gasteiger partial charge in [-0.2, -0.15) is 13.5 Å². The number of fused-ring (bicyclic) bond motifs is 1. The summed E-state index contributed by atoms with van der Waals surface area (Å²) >= 11 is 2.31. The molecule has 0 radical (unpaired) electrons. The number of aromatic nitrogens is 3. The minimum absolute atomic E-state index is 0.0247. The smallest absolute Gasteiger partial charge is 0.324 e. The molecule has 0 spiro atoms. The Morgan fingerprint density at radius 2 is 1.88 bits per heavy atom. The van der Waals surface area contributed by atoms with E-state index >= 15 is 0 Å². The second kappa shape index (κ2) is 9.91. The third kappa shape index (κ3) is 5.53. The molecule has 0 bridgehead atoms. The highest BCUT2D eigenvalue weighted by Gasteiger charge is 2.31. The van der Waals surface area contributed by atoms with Gasteiger partial charge in [0.05, 0.1) is 17.4 Å². The number of carbonyl (C=O) groups is 1.